The average Bonchev–Trinajstić information content (AvgIpc) is 2.95. The van der Waals surface area contributed by atoms with Crippen molar-refractivity contribution in [2.75, 3.05) is 0 Å². The molecule has 2 aromatic heterocycles. The van der Waals surface area contributed by atoms with Crippen LogP contribution in [-0.2, 0) is 0 Å². The van der Waals surface area contributed by atoms with Gasteiger partial charge < -0.3 is 5.32 Å². The molecular formula is C18H14ClF2N3O. The SMILES string of the molecule is O=C(NC1CC(F)C1)c1cc2cccnc2n1-c1ccc(Cl)c(F)c1. The molecule has 1 aliphatic rings. The van der Waals surface area contributed by atoms with Crippen LogP contribution in [0, 0.1) is 5.82 Å². The summed E-state index contributed by atoms with van der Waals surface area (Å²) in [5.74, 6) is -0.923. The van der Waals surface area contributed by atoms with Gasteiger partial charge >= 0.3 is 0 Å². The van der Waals surface area contributed by atoms with Crippen LogP contribution in [0.15, 0.2) is 42.6 Å². The molecule has 0 unspecified atom stereocenters. The number of rotatable bonds is 3. The first kappa shape index (κ1) is 16.0. The van der Waals surface area contributed by atoms with Gasteiger partial charge in [0.05, 0.1) is 10.7 Å². The number of aromatic nitrogens is 2. The number of halogens is 3. The number of hydrogen-bond donors (Lipinski definition) is 1. The molecule has 4 rings (SSSR count). The third kappa shape index (κ3) is 2.87. The van der Waals surface area contributed by atoms with E-state index in [1.807, 2.05) is 6.07 Å². The first-order chi connectivity index (χ1) is 12.0. The molecule has 25 heavy (non-hydrogen) atoms. The monoisotopic (exact) mass is 361 g/mol. The fraction of sp³-hybridized carbons (Fsp3) is 0.222. The largest absolute Gasteiger partial charge is 0.348 e. The Morgan fingerprint density at radius 1 is 1.28 bits per heavy atom. The van der Waals surface area contributed by atoms with E-state index in [4.69, 9.17) is 11.6 Å². The van der Waals surface area contributed by atoms with Crippen LogP contribution in [0.25, 0.3) is 16.7 Å². The normalized spacial score (nSPS) is 19.6. The van der Waals surface area contributed by atoms with Crippen LogP contribution in [0.2, 0.25) is 5.02 Å². The van der Waals surface area contributed by atoms with Crippen molar-refractivity contribution >= 4 is 28.5 Å². The molecule has 0 bridgehead atoms. The van der Waals surface area contributed by atoms with E-state index in [0.29, 0.717) is 29.9 Å². The minimum atomic E-state index is -0.858. The molecule has 0 saturated heterocycles. The molecule has 128 valence electrons. The zero-order valence-electron chi connectivity index (χ0n) is 13.0. The molecule has 1 N–H and O–H groups in total. The summed E-state index contributed by atoms with van der Waals surface area (Å²) in [7, 11) is 0. The second-order valence-electron chi connectivity index (χ2n) is 6.12. The molecule has 2 heterocycles. The van der Waals surface area contributed by atoms with Gasteiger partial charge in [-0.2, -0.15) is 0 Å². The Morgan fingerprint density at radius 2 is 2.08 bits per heavy atom. The van der Waals surface area contributed by atoms with Gasteiger partial charge in [0.25, 0.3) is 5.91 Å². The van der Waals surface area contributed by atoms with Crippen molar-refractivity contribution in [2.45, 2.75) is 25.1 Å². The van der Waals surface area contributed by atoms with E-state index in [-0.39, 0.29) is 17.0 Å². The summed E-state index contributed by atoms with van der Waals surface area (Å²) in [6.45, 7) is 0. The quantitative estimate of drug-likeness (QED) is 0.765. The van der Waals surface area contributed by atoms with Gasteiger partial charge in [-0.15, -0.1) is 0 Å². The number of carbonyl (C=O) groups is 1. The molecule has 3 aromatic rings. The highest BCUT2D eigenvalue weighted by molar-refractivity contribution is 6.30. The van der Waals surface area contributed by atoms with Gasteiger partial charge in [0, 0.05) is 17.6 Å². The van der Waals surface area contributed by atoms with Crippen molar-refractivity contribution in [3.63, 3.8) is 0 Å². The van der Waals surface area contributed by atoms with Crippen molar-refractivity contribution < 1.29 is 13.6 Å². The summed E-state index contributed by atoms with van der Waals surface area (Å²) in [6.07, 6.45) is 1.38. The summed E-state index contributed by atoms with van der Waals surface area (Å²) >= 11 is 5.76. The maximum absolute atomic E-state index is 13.9. The minimum Gasteiger partial charge on any atom is -0.348 e. The molecular weight excluding hydrogens is 348 g/mol. The Morgan fingerprint density at radius 3 is 2.80 bits per heavy atom. The van der Waals surface area contributed by atoms with Crippen molar-refractivity contribution in [1.82, 2.24) is 14.9 Å². The van der Waals surface area contributed by atoms with Gasteiger partial charge in [-0.3, -0.25) is 9.36 Å². The molecule has 1 amide bonds. The topological polar surface area (TPSA) is 46.9 Å². The van der Waals surface area contributed by atoms with Crippen molar-refractivity contribution in [1.29, 1.82) is 0 Å². The fourth-order valence-electron chi connectivity index (χ4n) is 3.01. The molecule has 1 saturated carbocycles. The lowest BCUT2D eigenvalue weighted by Gasteiger charge is -2.30. The third-order valence-corrected chi connectivity index (χ3v) is 4.68. The maximum atomic E-state index is 13.9. The Balaban J connectivity index is 1.80. The first-order valence-corrected chi connectivity index (χ1v) is 8.27. The van der Waals surface area contributed by atoms with Crippen LogP contribution in [0.3, 0.4) is 0 Å². The Bertz CT molecular complexity index is 966. The van der Waals surface area contributed by atoms with E-state index in [0.717, 1.165) is 5.39 Å². The second kappa shape index (κ2) is 6.11. The van der Waals surface area contributed by atoms with E-state index in [9.17, 15) is 13.6 Å². The lowest BCUT2D eigenvalue weighted by Crippen LogP contribution is -2.45. The Kier molecular flexibility index (Phi) is 3.92. The van der Waals surface area contributed by atoms with Crippen LogP contribution in [0.5, 0.6) is 0 Å². The molecule has 7 heteroatoms. The number of carbonyl (C=O) groups excluding carboxylic acids is 1. The molecule has 0 aliphatic heterocycles. The molecule has 1 fully saturated rings. The Labute approximate surface area is 147 Å². The van der Waals surface area contributed by atoms with Gasteiger partial charge in [-0.05, 0) is 49.2 Å². The number of hydrogen-bond acceptors (Lipinski definition) is 2. The van der Waals surface area contributed by atoms with E-state index in [1.165, 1.54) is 12.1 Å². The molecule has 0 spiro atoms. The first-order valence-electron chi connectivity index (χ1n) is 7.90. The fourth-order valence-corrected chi connectivity index (χ4v) is 3.13. The van der Waals surface area contributed by atoms with Crippen LogP contribution in [-0.4, -0.2) is 27.7 Å². The maximum Gasteiger partial charge on any atom is 0.268 e. The van der Waals surface area contributed by atoms with Gasteiger partial charge in [0.15, 0.2) is 0 Å². The van der Waals surface area contributed by atoms with Crippen molar-refractivity contribution in [2.24, 2.45) is 0 Å². The molecule has 1 aliphatic carbocycles. The summed E-state index contributed by atoms with van der Waals surface area (Å²) in [6, 6.07) is 9.41. The molecule has 0 radical (unpaired) electrons. The summed E-state index contributed by atoms with van der Waals surface area (Å²) in [5.41, 5.74) is 1.29. The number of amides is 1. The average molecular weight is 362 g/mol. The number of fused-ring (bicyclic) bond motifs is 1. The van der Waals surface area contributed by atoms with Gasteiger partial charge in [0.2, 0.25) is 0 Å². The number of alkyl halides is 1. The van der Waals surface area contributed by atoms with Crippen molar-refractivity contribution in [3.05, 3.63) is 59.1 Å². The lowest BCUT2D eigenvalue weighted by atomic mass is 9.91. The lowest BCUT2D eigenvalue weighted by molar-refractivity contribution is 0.0854. The zero-order valence-corrected chi connectivity index (χ0v) is 13.8. The number of nitrogens with zero attached hydrogens (tertiary/aromatic N) is 2. The predicted molar refractivity (Wildman–Crippen MR) is 91.4 cm³/mol. The predicted octanol–water partition coefficient (Wildman–Crippen LogP) is 4.05. The second-order valence-corrected chi connectivity index (χ2v) is 6.53. The third-order valence-electron chi connectivity index (χ3n) is 4.37. The Hall–Kier alpha value is -2.47. The van der Waals surface area contributed by atoms with Crippen LogP contribution in [0.1, 0.15) is 23.3 Å². The van der Waals surface area contributed by atoms with E-state index >= 15 is 0 Å². The minimum absolute atomic E-state index is 0.00243. The summed E-state index contributed by atoms with van der Waals surface area (Å²) in [4.78, 5) is 17.0. The van der Waals surface area contributed by atoms with E-state index in [1.54, 1.807) is 29.0 Å². The van der Waals surface area contributed by atoms with E-state index < -0.39 is 12.0 Å². The highest BCUT2D eigenvalue weighted by Gasteiger charge is 2.31. The van der Waals surface area contributed by atoms with Crippen LogP contribution >= 0.6 is 11.6 Å². The smallest absolute Gasteiger partial charge is 0.268 e. The number of nitrogens with one attached hydrogen (secondary N) is 1. The highest BCUT2D eigenvalue weighted by Crippen LogP contribution is 2.27. The molecule has 4 nitrogen and oxygen atoms in total. The molecule has 1 aromatic carbocycles. The van der Waals surface area contributed by atoms with Crippen molar-refractivity contribution in [3.8, 4) is 5.69 Å². The number of pyridine rings is 1. The van der Waals surface area contributed by atoms with Gasteiger partial charge in [-0.25, -0.2) is 13.8 Å². The number of benzene rings is 1. The summed E-state index contributed by atoms with van der Waals surface area (Å²) < 4.78 is 28.5. The van der Waals surface area contributed by atoms with Crippen LogP contribution < -0.4 is 5.32 Å². The van der Waals surface area contributed by atoms with Gasteiger partial charge in [-0.1, -0.05) is 11.6 Å². The van der Waals surface area contributed by atoms with Gasteiger partial charge in [0.1, 0.15) is 23.3 Å². The molecule has 0 atom stereocenters. The standard InChI is InChI=1S/C18H14ClF2N3O/c19-14-4-3-13(9-15(14)21)24-16(6-10-2-1-5-22-17(10)24)18(25)23-12-7-11(20)8-12/h1-6,9,11-12H,7-8H2,(H,23,25). The highest BCUT2D eigenvalue weighted by atomic mass is 35.5. The zero-order chi connectivity index (χ0) is 17.6. The van der Waals surface area contributed by atoms with Crippen LogP contribution in [0.4, 0.5) is 8.78 Å². The van der Waals surface area contributed by atoms with E-state index in [2.05, 4.69) is 10.3 Å². The summed E-state index contributed by atoms with van der Waals surface area (Å²) in [5, 5.41) is 3.57.